The highest BCUT2D eigenvalue weighted by atomic mass is 16.5. The van der Waals surface area contributed by atoms with Gasteiger partial charge in [0.1, 0.15) is 0 Å². The second-order valence-corrected chi connectivity index (χ2v) is 7.21. The van der Waals surface area contributed by atoms with E-state index in [4.69, 9.17) is 4.74 Å². The molecule has 4 nitrogen and oxygen atoms in total. The molecule has 0 bridgehead atoms. The molecule has 0 spiro atoms. The van der Waals surface area contributed by atoms with E-state index in [2.05, 4.69) is 34.2 Å². The minimum absolute atomic E-state index is 0.282. The maximum absolute atomic E-state index is 12.0. The number of carbonyl (C=O) groups excluding carboxylic acids is 1. The Bertz CT molecular complexity index is 788. The van der Waals surface area contributed by atoms with Gasteiger partial charge in [-0.05, 0) is 43.6 Å². The first-order valence-corrected chi connectivity index (χ1v) is 9.63. The molecular weight excluding hydrogens is 324 g/mol. The first-order valence-electron chi connectivity index (χ1n) is 9.63. The Balaban J connectivity index is 1.42. The summed E-state index contributed by atoms with van der Waals surface area (Å²) >= 11 is 0. The Morgan fingerprint density at radius 1 is 0.962 bits per heavy atom. The molecule has 1 aromatic heterocycles. The summed E-state index contributed by atoms with van der Waals surface area (Å²) in [6.07, 6.45) is 14.5. The van der Waals surface area contributed by atoms with Crippen LogP contribution in [0.2, 0.25) is 0 Å². The molecule has 4 rings (SSSR count). The molecule has 134 valence electrons. The highest BCUT2D eigenvalue weighted by Crippen LogP contribution is 2.33. The Morgan fingerprint density at radius 3 is 2.35 bits per heavy atom. The highest BCUT2D eigenvalue weighted by molar-refractivity contribution is 5.90. The number of hydrogen-bond donors (Lipinski definition) is 0. The summed E-state index contributed by atoms with van der Waals surface area (Å²) in [5.74, 6) is 1.46. The molecule has 0 unspecified atom stereocenters. The van der Waals surface area contributed by atoms with Crippen molar-refractivity contribution >= 4 is 5.97 Å². The van der Waals surface area contributed by atoms with Gasteiger partial charge >= 0.3 is 5.97 Å². The van der Waals surface area contributed by atoms with Gasteiger partial charge in [-0.25, -0.2) is 14.8 Å². The van der Waals surface area contributed by atoms with E-state index < -0.39 is 0 Å². The Morgan fingerprint density at radius 2 is 1.69 bits per heavy atom. The first-order chi connectivity index (χ1) is 12.8. The fourth-order valence-corrected chi connectivity index (χ4v) is 3.89. The minimum atomic E-state index is -0.282. The van der Waals surface area contributed by atoms with Crippen LogP contribution in [0.4, 0.5) is 0 Å². The standard InChI is InChI=1S/C22H24N2O2/c25-22(19-8-4-5-9-19)26-20-14-23-21(24-15-20)18-12-10-17(11-13-18)16-6-2-1-3-7-16/h8,10-16H,1-7,9H2. The first kappa shape index (κ1) is 17.0. The zero-order valence-corrected chi connectivity index (χ0v) is 15.0. The van der Waals surface area contributed by atoms with Crippen LogP contribution >= 0.6 is 0 Å². The van der Waals surface area contributed by atoms with Crippen molar-refractivity contribution in [3.05, 3.63) is 53.9 Å². The Hall–Kier alpha value is -2.49. The average molecular weight is 348 g/mol. The summed E-state index contributed by atoms with van der Waals surface area (Å²) < 4.78 is 5.36. The van der Waals surface area contributed by atoms with Gasteiger partial charge in [0, 0.05) is 11.1 Å². The summed E-state index contributed by atoms with van der Waals surface area (Å²) in [5.41, 5.74) is 3.16. The van der Waals surface area contributed by atoms with E-state index in [0.717, 1.165) is 30.4 Å². The van der Waals surface area contributed by atoms with Gasteiger partial charge in [0.05, 0.1) is 12.4 Å². The molecule has 4 heteroatoms. The van der Waals surface area contributed by atoms with Crippen LogP contribution in [0.25, 0.3) is 11.4 Å². The molecule has 2 aromatic rings. The molecule has 1 saturated carbocycles. The summed E-state index contributed by atoms with van der Waals surface area (Å²) in [6.45, 7) is 0. The van der Waals surface area contributed by atoms with Crippen molar-refractivity contribution in [2.24, 2.45) is 0 Å². The number of aromatic nitrogens is 2. The lowest BCUT2D eigenvalue weighted by Gasteiger charge is -2.22. The molecular formula is C22H24N2O2. The number of ether oxygens (including phenoxy) is 1. The smallest absolute Gasteiger partial charge is 0.339 e. The third-order valence-electron chi connectivity index (χ3n) is 5.39. The largest absolute Gasteiger partial charge is 0.420 e. The van der Waals surface area contributed by atoms with Crippen LogP contribution in [0.5, 0.6) is 5.75 Å². The highest BCUT2D eigenvalue weighted by Gasteiger charge is 2.17. The molecule has 2 aliphatic rings. The van der Waals surface area contributed by atoms with Gasteiger partial charge < -0.3 is 4.74 Å². The van der Waals surface area contributed by atoms with Gasteiger partial charge in [0.15, 0.2) is 11.6 Å². The third-order valence-corrected chi connectivity index (χ3v) is 5.39. The molecule has 2 aliphatic carbocycles. The lowest BCUT2D eigenvalue weighted by atomic mass is 9.84. The second kappa shape index (κ2) is 7.81. The van der Waals surface area contributed by atoms with Crippen molar-refractivity contribution in [2.75, 3.05) is 0 Å². The monoisotopic (exact) mass is 348 g/mol. The SMILES string of the molecule is O=C(Oc1cnc(-c2ccc(C3CCCCC3)cc2)nc1)C1=CCCC1. The lowest BCUT2D eigenvalue weighted by Crippen LogP contribution is -2.10. The van der Waals surface area contributed by atoms with Crippen LogP contribution in [-0.4, -0.2) is 15.9 Å². The second-order valence-electron chi connectivity index (χ2n) is 7.21. The number of rotatable bonds is 4. The molecule has 0 radical (unpaired) electrons. The summed E-state index contributed by atoms with van der Waals surface area (Å²) in [5, 5.41) is 0. The van der Waals surface area contributed by atoms with E-state index in [1.165, 1.54) is 37.7 Å². The molecule has 1 fully saturated rings. The molecule has 0 atom stereocenters. The minimum Gasteiger partial charge on any atom is -0.420 e. The van der Waals surface area contributed by atoms with Crippen LogP contribution < -0.4 is 4.74 Å². The van der Waals surface area contributed by atoms with Gasteiger partial charge in [-0.15, -0.1) is 0 Å². The predicted molar refractivity (Wildman–Crippen MR) is 101 cm³/mol. The fourth-order valence-electron chi connectivity index (χ4n) is 3.89. The van der Waals surface area contributed by atoms with Gasteiger partial charge in [0.25, 0.3) is 0 Å². The zero-order valence-electron chi connectivity index (χ0n) is 15.0. The predicted octanol–water partition coefficient (Wildman–Crippen LogP) is 5.21. The normalized spacial score (nSPS) is 17.8. The third kappa shape index (κ3) is 3.85. The van der Waals surface area contributed by atoms with Gasteiger partial charge in [-0.1, -0.05) is 49.6 Å². The van der Waals surface area contributed by atoms with Crippen molar-refractivity contribution in [3.63, 3.8) is 0 Å². The number of carbonyl (C=O) groups is 1. The van der Waals surface area contributed by atoms with E-state index in [0.29, 0.717) is 17.5 Å². The molecule has 0 N–H and O–H groups in total. The van der Waals surface area contributed by atoms with Crippen LogP contribution in [0.1, 0.15) is 62.8 Å². The van der Waals surface area contributed by atoms with Crippen molar-refractivity contribution in [2.45, 2.75) is 57.3 Å². The molecule has 1 heterocycles. The summed E-state index contributed by atoms with van der Waals surface area (Å²) in [7, 11) is 0. The topological polar surface area (TPSA) is 52.1 Å². The summed E-state index contributed by atoms with van der Waals surface area (Å²) in [4.78, 5) is 20.7. The van der Waals surface area contributed by atoms with E-state index in [-0.39, 0.29) is 5.97 Å². The molecule has 26 heavy (non-hydrogen) atoms. The number of esters is 1. The molecule has 0 saturated heterocycles. The van der Waals surface area contributed by atoms with Crippen molar-refractivity contribution < 1.29 is 9.53 Å². The number of nitrogens with zero attached hydrogens (tertiary/aromatic N) is 2. The summed E-state index contributed by atoms with van der Waals surface area (Å²) in [6, 6.07) is 8.59. The maximum atomic E-state index is 12.0. The molecule has 0 amide bonds. The number of hydrogen-bond acceptors (Lipinski definition) is 4. The van der Waals surface area contributed by atoms with Crippen molar-refractivity contribution in [1.29, 1.82) is 0 Å². The van der Waals surface area contributed by atoms with Crippen LogP contribution in [-0.2, 0) is 4.79 Å². The van der Waals surface area contributed by atoms with E-state index in [9.17, 15) is 4.79 Å². The molecule has 1 aromatic carbocycles. The van der Waals surface area contributed by atoms with Gasteiger partial charge in [-0.2, -0.15) is 0 Å². The number of allylic oxidation sites excluding steroid dienone is 1. The van der Waals surface area contributed by atoms with Crippen LogP contribution in [0, 0.1) is 0 Å². The number of benzene rings is 1. The van der Waals surface area contributed by atoms with Gasteiger partial charge in [-0.3, -0.25) is 0 Å². The average Bonchev–Trinajstić information content (AvgIpc) is 3.25. The van der Waals surface area contributed by atoms with Crippen LogP contribution in [0.3, 0.4) is 0 Å². The Kier molecular flexibility index (Phi) is 5.09. The van der Waals surface area contributed by atoms with E-state index in [1.54, 1.807) is 12.4 Å². The van der Waals surface area contributed by atoms with Crippen molar-refractivity contribution in [3.8, 4) is 17.1 Å². The zero-order chi connectivity index (χ0) is 17.8. The fraction of sp³-hybridized carbons (Fsp3) is 0.409. The van der Waals surface area contributed by atoms with E-state index in [1.807, 2.05) is 6.08 Å². The van der Waals surface area contributed by atoms with Gasteiger partial charge in [0.2, 0.25) is 0 Å². The quantitative estimate of drug-likeness (QED) is 0.712. The van der Waals surface area contributed by atoms with E-state index >= 15 is 0 Å². The van der Waals surface area contributed by atoms with Crippen molar-refractivity contribution in [1.82, 2.24) is 9.97 Å². The lowest BCUT2D eigenvalue weighted by molar-refractivity contribution is -0.130. The van der Waals surface area contributed by atoms with Crippen LogP contribution in [0.15, 0.2) is 48.3 Å². The maximum Gasteiger partial charge on any atom is 0.339 e. The Labute approximate surface area is 154 Å². The molecule has 0 aliphatic heterocycles.